The van der Waals surface area contributed by atoms with Crippen LogP contribution in [0.2, 0.25) is 0 Å². The molecule has 0 spiro atoms. The number of unbranched alkanes of at least 4 members (excludes halogenated alkanes) is 1. The van der Waals surface area contributed by atoms with E-state index < -0.39 is 17.7 Å². The first kappa shape index (κ1) is 22.6. The quantitative estimate of drug-likeness (QED) is 0.363. The number of nitrogens with zero attached hydrogens (tertiary/aromatic N) is 1. The fourth-order valence-corrected chi connectivity index (χ4v) is 3.92. The molecule has 1 aliphatic rings. The van der Waals surface area contributed by atoms with Gasteiger partial charge in [-0.1, -0.05) is 48.9 Å². The third kappa shape index (κ3) is 8.55. The van der Waals surface area contributed by atoms with Gasteiger partial charge in [0.25, 0.3) is 0 Å². The van der Waals surface area contributed by atoms with Gasteiger partial charge in [-0.3, -0.25) is 4.79 Å². The lowest BCUT2D eigenvalue weighted by molar-refractivity contribution is -0.184. The van der Waals surface area contributed by atoms with Gasteiger partial charge < -0.3 is 15.1 Å². The molecule has 1 aromatic rings. The first-order valence-electron chi connectivity index (χ1n) is 10.4. The van der Waals surface area contributed by atoms with E-state index in [2.05, 4.69) is 24.3 Å². The topological polar surface area (TPSA) is 70.0 Å². The Hall–Kier alpha value is -1.69. The van der Waals surface area contributed by atoms with Crippen molar-refractivity contribution in [3.05, 3.63) is 48.0 Å². The predicted molar refractivity (Wildman–Crippen MR) is 110 cm³/mol. The number of benzene rings is 1. The Kier molecular flexibility index (Phi) is 9.16. The third-order valence-electron chi connectivity index (χ3n) is 5.28. The maximum absolute atomic E-state index is 11.9. The van der Waals surface area contributed by atoms with E-state index in [0.29, 0.717) is 12.8 Å². The number of allylic oxidation sites excluding steroid dienone is 1. The Morgan fingerprint density at radius 3 is 2.79 bits per heavy atom. The van der Waals surface area contributed by atoms with Crippen LogP contribution in [-0.2, 0) is 16.1 Å². The van der Waals surface area contributed by atoms with Gasteiger partial charge in [-0.2, -0.15) is 0 Å². The van der Waals surface area contributed by atoms with Crippen LogP contribution in [0.1, 0.15) is 56.9 Å². The minimum atomic E-state index is -1.01. The van der Waals surface area contributed by atoms with Crippen molar-refractivity contribution in [2.75, 3.05) is 14.1 Å². The first-order valence-corrected chi connectivity index (χ1v) is 10.4. The minimum absolute atomic E-state index is 0.0115. The fourth-order valence-electron chi connectivity index (χ4n) is 3.92. The summed E-state index contributed by atoms with van der Waals surface area (Å²) in [6.07, 6.45) is 10.2. The Morgan fingerprint density at radius 1 is 1.32 bits per heavy atom. The van der Waals surface area contributed by atoms with Crippen molar-refractivity contribution in [3.63, 3.8) is 0 Å². The third-order valence-corrected chi connectivity index (χ3v) is 5.28. The highest BCUT2D eigenvalue weighted by Gasteiger charge is 2.36. The van der Waals surface area contributed by atoms with Gasteiger partial charge in [0.15, 0.2) is 0 Å². The summed E-state index contributed by atoms with van der Waals surface area (Å²) in [5.74, 6) is -0.222. The van der Waals surface area contributed by atoms with Crippen LogP contribution in [0.4, 0.5) is 0 Å². The van der Waals surface area contributed by atoms with E-state index in [1.54, 1.807) is 14.1 Å². The molecule has 1 fully saturated rings. The molecule has 1 aliphatic carbocycles. The first-order chi connectivity index (χ1) is 13.4. The highest BCUT2D eigenvalue weighted by molar-refractivity contribution is 5.70. The van der Waals surface area contributed by atoms with Crippen LogP contribution >= 0.6 is 0 Å². The van der Waals surface area contributed by atoms with E-state index in [1.807, 2.05) is 18.2 Å². The summed E-state index contributed by atoms with van der Waals surface area (Å²) in [6, 6.07) is 10.4. The standard InChI is InChI=1S/C23H35NO4/c1-24(2)28-22(26)18-23(27)16-8-12-20(17-23)14-15-21(25)13-7-6-11-19-9-4-3-5-10-19/h3-5,9-10,14-15,20-21,25,27H,6-8,11-13,16-18H2,1-2H3/b15-14+/t20-,21-,23+/m1/s1. The molecule has 3 atom stereocenters. The molecule has 5 heteroatoms. The summed E-state index contributed by atoms with van der Waals surface area (Å²) in [7, 11) is 3.30. The van der Waals surface area contributed by atoms with Crippen LogP contribution in [0, 0.1) is 5.92 Å². The van der Waals surface area contributed by atoms with Crippen LogP contribution < -0.4 is 0 Å². The summed E-state index contributed by atoms with van der Waals surface area (Å²) >= 11 is 0. The molecule has 0 saturated heterocycles. The zero-order valence-corrected chi connectivity index (χ0v) is 17.2. The number of aliphatic hydroxyl groups is 2. The zero-order chi connectivity index (χ0) is 20.4. The molecule has 0 radical (unpaired) electrons. The van der Waals surface area contributed by atoms with Crippen LogP contribution in [0.25, 0.3) is 0 Å². The van der Waals surface area contributed by atoms with Gasteiger partial charge in [-0.15, -0.1) is 5.06 Å². The molecule has 2 rings (SSSR count). The average molecular weight is 390 g/mol. The van der Waals surface area contributed by atoms with Crippen molar-refractivity contribution < 1.29 is 19.8 Å². The minimum Gasteiger partial charge on any atom is -0.389 e. The number of carbonyl (C=O) groups excluding carboxylic acids is 1. The van der Waals surface area contributed by atoms with Crippen molar-refractivity contribution in [1.29, 1.82) is 0 Å². The number of rotatable bonds is 10. The van der Waals surface area contributed by atoms with E-state index in [0.717, 1.165) is 38.5 Å². The largest absolute Gasteiger partial charge is 0.389 e. The molecule has 0 unspecified atom stereocenters. The second-order valence-corrected chi connectivity index (χ2v) is 8.22. The summed E-state index contributed by atoms with van der Waals surface area (Å²) in [5.41, 5.74) is 0.322. The molecular formula is C23H35NO4. The van der Waals surface area contributed by atoms with Crippen LogP contribution in [-0.4, -0.2) is 47.0 Å². The Balaban J connectivity index is 1.70. The van der Waals surface area contributed by atoms with Crippen LogP contribution in [0.3, 0.4) is 0 Å². The summed E-state index contributed by atoms with van der Waals surface area (Å²) in [6.45, 7) is 0. The molecular weight excluding hydrogens is 354 g/mol. The summed E-state index contributed by atoms with van der Waals surface area (Å²) in [5, 5.41) is 22.3. The van der Waals surface area contributed by atoms with Gasteiger partial charge >= 0.3 is 5.97 Å². The number of hydrogen-bond donors (Lipinski definition) is 2. The number of aryl methyl sites for hydroxylation is 1. The molecule has 0 amide bonds. The number of carbonyl (C=O) groups is 1. The van der Waals surface area contributed by atoms with E-state index >= 15 is 0 Å². The lowest BCUT2D eigenvalue weighted by Crippen LogP contribution is -2.38. The molecule has 1 saturated carbocycles. The smallest absolute Gasteiger partial charge is 0.327 e. The number of hydroxylamine groups is 2. The maximum Gasteiger partial charge on any atom is 0.327 e. The normalized spacial score (nSPS) is 23.8. The van der Waals surface area contributed by atoms with Crippen LogP contribution in [0.5, 0.6) is 0 Å². The Morgan fingerprint density at radius 2 is 2.07 bits per heavy atom. The molecule has 156 valence electrons. The number of aliphatic hydroxyl groups excluding tert-OH is 1. The van der Waals surface area contributed by atoms with Crippen molar-refractivity contribution in [2.45, 2.75) is 69.5 Å². The zero-order valence-electron chi connectivity index (χ0n) is 17.2. The van der Waals surface area contributed by atoms with Gasteiger partial charge in [-0.05, 0) is 56.4 Å². The summed E-state index contributed by atoms with van der Waals surface area (Å²) in [4.78, 5) is 16.9. The Bertz CT molecular complexity index is 616. The maximum atomic E-state index is 11.9. The molecule has 1 aromatic carbocycles. The molecule has 0 aromatic heterocycles. The second-order valence-electron chi connectivity index (χ2n) is 8.22. The predicted octanol–water partition coefficient (Wildman–Crippen LogP) is 3.65. The Labute approximate surface area is 169 Å². The molecule has 5 nitrogen and oxygen atoms in total. The van der Waals surface area contributed by atoms with Crippen molar-refractivity contribution in [1.82, 2.24) is 5.06 Å². The molecule has 2 N–H and O–H groups in total. The SMILES string of the molecule is CN(C)OC(=O)C[C@]1(O)CCC[C@H](/C=C/[C@H](O)CCCCc2ccccc2)C1. The van der Waals surface area contributed by atoms with Gasteiger partial charge in [-0.25, -0.2) is 0 Å². The van der Waals surface area contributed by atoms with E-state index in [1.165, 1.54) is 10.6 Å². The average Bonchev–Trinajstić information content (AvgIpc) is 2.63. The van der Waals surface area contributed by atoms with E-state index in [9.17, 15) is 15.0 Å². The lowest BCUT2D eigenvalue weighted by atomic mass is 9.76. The molecule has 0 aliphatic heterocycles. The van der Waals surface area contributed by atoms with Crippen LogP contribution in [0.15, 0.2) is 42.5 Å². The molecule has 0 bridgehead atoms. The van der Waals surface area contributed by atoms with Gasteiger partial charge in [0.05, 0.1) is 18.1 Å². The molecule has 28 heavy (non-hydrogen) atoms. The fraction of sp³-hybridized carbons (Fsp3) is 0.609. The number of hydrogen-bond acceptors (Lipinski definition) is 5. The van der Waals surface area contributed by atoms with Gasteiger partial charge in [0.1, 0.15) is 0 Å². The summed E-state index contributed by atoms with van der Waals surface area (Å²) < 4.78 is 0. The lowest BCUT2D eigenvalue weighted by Gasteiger charge is -2.35. The van der Waals surface area contributed by atoms with Crippen molar-refractivity contribution in [3.8, 4) is 0 Å². The van der Waals surface area contributed by atoms with Crippen molar-refractivity contribution in [2.24, 2.45) is 5.92 Å². The monoisotopic (exact) mass is 389 g/mol. The van der Waals surface area contributed by atoms with Gasteiger partial charge in [0, 0.05) is 14.1 Å². The second kappa shape index (κ2) is 11.3. The highest BCUT2D eigenvalue weighted by Crippen LogP contribution is 2.36. The van der Waals surface area contributed by atoms with E-state index in [-0.39, 0.29) is 12.3 Å². The highest BCUT2D eigenvalue weighted by atomic mass is 16.7. The van der Waals surface area contributed by atoms with E-state index in [4.69, 9.17) is 4.84 Å². The van der Waals surface area contributed by atoms with Gasteiger partial charge in [0.2, 0.25) is 0 Å². The molecule has 0 heterocycles. The van der Waals surface area contributed by atoms with Crippen molar-refractivity contribution >= 4 is 5.97 Å².